The summed E-state index contributed by atoms with van der Waals surface area (Å²) < 4.78 is 37.8. The van der Waals surface area contributed by atoms with E-state index >= 15 is 0 Å². The number of hydrogen-bond acceptors (Lipinski definition) is 2. The first-order chi connectivity index (χ1) is 9.41. The number of alkyl halides is 3. The molecule has 0 spiro atoms. The van der Waals surface area contributed by atoms with Gasteiger partial charge in [-0.1, -0.05) is 19.1 Å². The Kier molecular flexibility index (Phi) is 4.58. The zero-order valence-electron chi connectivity index (χ0n) is 11.5. The second kappa shape index (κ2) is 6.04. The van der Waals surface area contributed by atoms with E-state index in [0.717, 1.165) is 11.3 Å². The summed E-state index contributed by atoms with van der Waals surface area (Å²) in [6, 6.07) is 7.45. The van der Waals surface area contributed by atoms with Crippen molar-refractivity contribution in [1.82, 2.24) is 0 Å². The highest BCUT2D eigenvalue weighted by atomic mass is 19.4. The molecule has 1 aliphatic rings. The largest absolute Gasteiger partial charge is 0.391 e. The number of nitrogens with zero attached hydrogens (tertiary/aromatic N) is 1. The molecule has 1 aromatic carbocycles. The maximum Gasteiger partial charge on any atom is 0.391 e. The van der Waals surface area contributed by atoms with E-state index in [2.05, 4.69) is 0 Å². The molecule has 0 aromatic heterocycles. The predicted octanol–water partition coefficient (Wildman–Crippen LogP) is 3.91. The Balaban J connectivity index is 1.97. The van der Waals surface area contributed by atoms with Gasteiger partial charge < -0.3 is 10.0 Å². The molecule has 1 saturated heterocycles. The summed E-state index contributed by atoms with van der Waals surface area (Å²) in [5, 5.41) is 9.72. The highest BCUT2D eigenvalue weighted by molar-refractivity contribution is 5.48. The zero-order valence-corrected chi connectivity index (χ0v) is 11.5. The molecular formula is C15H20F3NO. The van der Waals surface area contributed by atoms with E-state index < -0.39 is 18.2 Å². The second-order valence-corrected chi connectivity index (χ2v) is 5.32. The van der Waals surface area contributed by atoms with E-state index in [0.29, 0.717) is 19.5 Å². The van der Waals surface area contributed by atoms with E-state index in [1.807, 2.05) is 36.1 Å². The van der Waals surface area contributed by atoms with Crippen LogP contribution in [-0.4, -0.2) is 24.4 Å². The van der Waals surface area contributed by atoms with Gasteiger partial charge >= 0.3 is 6.18 Å². The highest BCUT2D eigenvalue weighted by Gasteiger charge is 2.41. The fourth-order valence-corrected chi connectivity index (χ4v) is 2.61. The fourth-order valence-electron chi connectivity index (χ4n) is 2.61. The molecule has 0 radical (unpaired) electrons. The first-order valence-corrected chi connectivity index (χ1v) is 7.01. The summed E-state index contributed by atoms with van der Waals surface area (Å²) in [5.41, 5.74) is 1.78. The van der Waals surface area contributed by atoms with E-state index in [4.69, 9.17) is 0 Å². The Morgan fingerprint density at radius 1 is 1.20 bits per heavy atom. The van der Waals surface area contributed by atoms with Crippen molar-refractivity contribution in [3.05, 3.63) is 29.8 Å². The highest BCUT2D eigenvalue weighted by Crippen LogP contribution is 2.35. The monoisotopic (exact) mass is 287 g/mol. The molecule has 112 valence electrons. The van der Waals surface area contributed by atoms with Crippen LogP contribution in [0.4, 0.5) is 18.9 Å². The average molecular weight is 287 g/mol. The SMILES string of the molecule is CC[C@H](O)c1ccc(N2CCC(C(F)(F)F)CC2)cc1. The van der Waals surface area contributed by atoms with Gasteiger partial charge in [-0.15, -0.1) is 0 Å². The molecular weight excluding hydrogens is 267 g/mol. The molecule has 1 atom stereocenters. The number of benzene rings is 1. The molecule has 20 heavy (non-hydrogen) atoms. The number of rotatable bonds is 3. The minimum atomic E-state index is -4.07. The second-order valence-electron chi connectivity index (χ2n) is 5.32. The van der Waals surface area contributed by atoms with Crippen molar-refractivity contribution in [3.8, 4) is 0 Å². The third-order valence-corrected chi connectivity index (χ3v) is 3.99. The van der Waals surface area contributed by atoms with Crippen molar-refractivity contribution in [3.63, 3.8) is 0 Å². The molecule has 0 saturated carbocycles. The maximum atomic E-state index is 12.6. The Labute approximate surface area is 117 Å². The third-order valence-electron chi connectivity index (χ3n) is 3.99. The minimum absolute atomic E-state index is 0.156. The van der Waals surface area contributed by atoms with Crippen LogP contribution in [0.2, 0.25) is 0 Å². The Morgan fingerprint density at radius 3 is 2.20 bits per heavy atom. The van der Waals surface area contributed by atoms with Crippen LogP contribution in [0, 0.1) is 5.92 Å². The number of aliphatic hydroxyl groups is 1. The van der Waals surface area contributed by atoms with Crippen molar-refractivity contribution in [2.75, 3.05) is 18.0 Å². The summed E-state index contributed by atoms with van der Waals surface area (Å²) in [6.07, 6.45) is -3.58. The van der Waals surface area contributed by atoms with Crippen LogP contribution in [0.5, 0.6) is 0 Å². The summed E-state index contributed by atoms with van der Waals surface area (Å²) >= 11 is 0. The molecule has 1 fully saturated rings. The van der Waals surface area contributed by atoms with Gasteiger partial charge in [0, 0.05) is 18.8 Å². The van der Waals surface area contributed by atoms with E-state index in [9.17, 15) is 18.3 Å². The standard InChI is InChI=1S/C15H20F3NO/c1-2-14(20)11-3-5-13(6-4-11)19-9-7-12(8-10-19)15(16,17)18/h3-6,12,14,20H,2,7-10H2,1H3/t14-/m0/s1. The lowest BCUT2D eigenvalue weighted by atomic mass is 9.95. The van der Waals surface area contributed by atoms with Gasteiger partial charge in [-0.05, 0) is 37.0 Å². The maximum absolute atomic E-state index is 12.6. The number of hydrogen-bond donors (Lipinski definition) is 1. The molecule has 1 aromatic rings. The van der Waals surface area contributed by atoms with Gasteiger partial charge in [0.25, 0.3) is 0 Å². The van der Waals surface area contributed by atoms with Crippen LogP contribution in [0.3, 0.4) is 0 Å². The van der Waals surface area contributed by atoms with Crippen molar-refractivity contribution in [2.24, 2.45) is 5.92 Å². The molecule has 1 aliphatic heterocycles. The predicted molar refractivity (Wildman–Crippen MR) is 72.7 cm³/mol. The summed E-state index contributed by atoms with van der Waals surface area (Å²) in [5.74, 6) is -1.17. The van der Waals surface area contributed by atoms with Gasteiger partial charge in [0.05, 0.1) is 12.0 Å². The Bertz CT molecular complexity index is 422. The van der Waals surface area contributed by atoms with Crippen molar-refractivity contribution in [1.29, 1.82) is 0 Å². The fraction of sp³-hybridized carbons (Fsp3) is 0.600. The van der Waals surface area contributed by atoms with E-state index in [1.54, 1.807) is 0 Å². The van der Waals surface area contributed by atoms with Gasteiger partial charge in [0.2, 0.25) is 0 Å². The lowest BCUT2D eigenvalue weighted by Crippen LogP contribution is -2.38. The molecule has 5 heteroatoms. The summed E-state index contributed by atoms with van der Waals surface area (Å²) in [4.78, 5) is 1.98. The molecule has 2 rings (SSSR count). The van der Waals surface area contributed by atoms with E-state index in [-0.39, 0.29) is 12.8 Å². The third kappa shape index (κ3) is 3.45. The van der Waals surface area contributed by atoms with Crippen LogP contribution in [0.25, 0.3) is 0 Å². The Hall–Kier alpha value is -1.23. The zero-order chi connectivity index (χ0) is 14.8. The van der Waals surface area contributed by atoms with Crippen LogP contribution >= 0.6 is 0 Å². The smallest absolute Gasteiger partial charge is 0.388 e. The van der Waals surface area contributed by atoms with Crippen LogP contribution in [-0.2, 0) is 0 Å². The van der Waals surface area contributed by atoms with Crippen LogP contribution < -0.4 is 4.90 Å². The van der Waals surface area contributed by atoms with Crippen molar-refractivity contribution >= 4 is 5.69 Å². The van der Waals surface area contributed by atoms with Gasteiger partial charge in [0.15, 0.2) is 0 Å². The number of aliphatic hydroxyl groups excluding tert-OH is 1. The summed E-state index contributed by atoms with van der Waals surface area (Å²) in [6.45, 7) is 2.76. The molecule has 0 unspecified atom stereocenters. The number of piperidine rings is 1. The molecule has 0 aliphatic carbocycles. The lowest BCUT2D eigenvalue weighted by Gasteiger charge is -2.34. The molecule has 0 bridgehead atoms. The molecule has 1 N–H and O–H groups in total. The molecule has 1 heterocycles. The first-order valence-electron chi connectivity index (χ1n) is 7.01. The van der Waals surface area contributed by atoms with Gasteiger partial charge in [-0.3, -0.25) is 0 Å². The normalized spacial score (nSPS) is 19.1. The topological polar surface area (TPSA) is 23.5 Å². The first kappa shape index (κ1) is 15.2. The number of anilines is 1. The van der Waals surface area contributed by atoms with Gasteiger partial charge in [-0.25, -0.2) is 0 Å². The number of halogens is 3. The Morgan fingerprint density at radius 2 is 1.75 bits per heavy atom. The minimum Gasteiger partial charge on any atom is -0.388 e. The van der Waals surface area contributed by atoms with E-state index in [1.165, 1.54) is 0 Å². The quantitative estimate of drug-likeness (QED) is 0.911. The van der Waals surface area contributed by atoms with Crippen molar-refractivity contribution in [2.45, 2.75) is 38.5 Å². The molecule has 2 nitrogen and oxygen atoms in total. The summed E-state index contributed by atoms with van der Waals surface area (Å²) in [7, 11) is 0. The average Bonchev–Trinajstić information content (AvgIpc) is 2.46. The van der Waals surface area contributed by atoms with Gasteiger partial charge in [0.1, 0.15) is 0 Å². The molecule has 0 amide bonds. The van der Waals surface area contributed by atoms with Crippen molar-refractivity contribution < 1.29 is 18.3 Å². The van der Waals surface area contributed by atoms with Crippen LogP contribution in [0.1, 0.15) is 37.9 Å². The van der Waals surface area contributed by atoms with Crippen LogP contribution in [0.15, 0.2) is 24.3 Å². The lowest BCUT2D eigenvalue weighted by molar-refractivity contribution is -0.179. The van der Waals surface area contributed by atoms with Gasteiger partial charge in [-0.2, -0.15) is 13.2 Å².